The van der Waals surface area contributed by atoms with Gasteiger partial charge in [0.05, 0.1) is 0 Å². The van der Waals surface area contributed by atoms with Crippen LogP contribution in [-0.2, 0) is 12.8 Å². The van der Waals surface area contributed by atoms with E-state index in [4.69, 9.17) is 0 Å². The molecule has 7 rings (SSSR count). The second-order valence-electron chi connectivity index (χ2n) is 11.2. The topological polar surface area (TPSA) is 15.3 Å². The number of allylic oxidation sites excluding steroid dienone is 1. The average Bonchev–Trinajstić information content (AvgIpc) is 3.24. The highest BCUT2D eigenvalue weighted by atomic mass is 15.2. The summed E-state index contributed by atoms with van der Waals surface area (Å²) in [6, 6.07) is 29.8. The van der Waals surface area contributed by atoms with Gasteiger partial charge in [0.15, 0.2) is 0 Å². The number of hydrogen-bond donors (Lipinski definition) is 1. The van der Waals surface area contributed by atoms with Crippen LogP contribution in [-0.4, -0.2) is 12.1 Å². The van der Waals surface area contributed by atoms with E-state index >= 15 is 0 Å². The molecule has 1 heterocycles. The zero-order valence-electron chi connectivity index (χ0n) is 21.9. The van der Waals surface area contributed by atoms with Gasteiger partial charge in [-0.15, -0.1) is 0 Å². The number of nitrogens with one attached hydrogen (secondary N) is 1. The molecule has 4 unspecified atom stereocenters. The molecule has 0 aromatic heterocycles. The van der Waals surface area contributed by atoms with Crippen LogP contribution >= 0.6 is 0 Å². The fourth-order valence-electron chi connectivity index (χ4n) is 6.95. The van der Waals surface area contributed by atoms with E-state index in [0.29, 0.717) is 23.9 Å². The molecule has 0 fully saturated rings. The molecule has 4 atom stereocenters. The third-order valence-corrected chi connectivity index (χ3v) is 8.59. The molecule has 0 saturated carbocycles. The lowest BCUT2D eigenvalue weighted by molar-refractivity contribution is 0.663. The first-order valence-corrected chi connectivity index (χ1v) is 13.8. The molecule has 2 aliphatic carbocycles. The second kappa shape index (κ2) is 8.66. The largest absolute Gasteiger partial charge is 0.382 e. The van der Waals surface area contributed by atoms with Gasteiger partial charge in [-0.1, -0.05) is 85.8 Å². The molecule has 2 heteroatoms. The lowest BCUT2D eigenvalue weighted by Crippen LogP contribution is -2.37. The highest BCUT2D eigenvalue weighted by Crippen LogP contribution is 2.40. The highest BCUT2D eigenvalue weighted by Gasteiger charge is 2.32. The molecule has 4 aromatic rings. The summed E-state index contributed by atoms with van der Waals surface area (Å²) in [7, 11) is 0. The number of fused-ring (bicyclic) bond motifs is 1. The van der Waals surface area contributed by atoms with E-state index in [1.54, 1.807) is 0 Å². The van der Waals surface area contributed by atoms with Crippen LogP contribution in [0.5, 0.6) is 0 Å². The number of anilines is 2. The van der Waals surface area contributed by atoms with Gasteiger partial charge in [0.1, 0.15) is 0 Å². The van der Waals surface area contributed by atoms with Crippen LogP contribution in [0.15, 0.2) is 91.0 Å². The Kier molecular flexibility index (Phi) is 5.25. The van der Waals surface area contributed by atoms with Crippen LogP contribution in [0, 0.1) is 5.92 Å². The van der Waals surface area contributed by atoms with Crippen molar-refractivity contribution in [3.05, 3.63) is 118 Å². The van der Waals surface area contributed by atoms with Gasteiger partial charge in [0, 0.05) is 45.5 Å². The second-order valence-corrected chi connectivity index (χ2v) is 11.2. The minimum atomic E-state index is 0.348. The van der Waals surface area contributed by atoms with E-state index in [1.807, 2.05) is 0 Å². The van der Waals surface area contributed by atoms with Crippen molar-refractivity contribution >= 4 is 33.9 Å². The van der Waals surface area contributed by atoms with Crippen molar-refractivity contribution in [1.82, 2.24) is 0 Å². The summed E-state index contributed by atoms with van der Waals surface area (Å²) in [4.78, 5) is 2.58. The number of nitrogens with zero attached hydrogens (tertiary/aromatic N) is 1. The van der Waals surface area contributed by atoms with E-state index in [0.717, 1.165) is 12.8 Å². The Balaban J connectivity index is 1.39. The maximum absolute atomic E-state index is 3.87. The van der Waals surface area contributed by atoms with E-state index in [2.05, 4.69) is 128 Å². The first-order chi connectivity index (χ1) is 18.1. The van der Waals surface area contributed by atoms with Gasteiger partial charge in [0.25, 0.3) is 0 Å². The molecule has 2 nitrogen and oxygen atoms in total. The lowest BCUT2D eigenvalue weighted by Gasteiger charge is -2.34. The molecule has 1 aliphatic heterocycles. The molecule has 0 saturated heterocycles. The summed E-state index contributed by atoms with van der Waals surface area (Å²) in [5, 5.41) is 9.42. The fraction of sp³-hybridized carbons (Fsp3) is 0.257. The van der Waals surface area contributed by atoms with Crippen molar-refractivity contribution in [2.24, 2.45) is 5.92 Å². The Morgan fingerprint density at radius 3 is 2.57 bits per heavy atom. The van der Waals surface area contributed by atoms with Crippen LogP contribution in [0.25, 0.3) is 22.5 Å². The van der Waals surface area contributed by atoms with Crippen LogP contribution in [0.3, 0.4) is 0 Å². The molecule has 0 bridgehead atoms. The molecule has 0 amide bonds. The number of para-hydroxylation sites is 1. The van der Waals surface area contributed by atoms with E-state index in [-0.39, 0.29) is 0 Å². The molecule has 0 spiro atoms. The number of rotatable bonds is 5. The molecule has 0 radical (unpaired) electrons. The first-order valence-electron chi connectivity index (χ1n) is 13.8. The van der Waals surface area contributed by atoms with Gasteiger partial charge >= 0.3 is 0 Å². The van der Waals surface area contributed by atoms with Crippen molar-refractivity contribution in [2.45, 2.75) is 51.6 Å². The summed E-state index contributed by atoms with van der Waals surface area (Å²) < 4.78 is 0. The van der Waals surface area contributed by atoms with Gasteiger partial charge in [-0.3, -0.25) is 0 Å². The van der Waals surface area contributed by atoms with Crippen LogP contribution < -0.4 is 20.7 Å². The SMILES string of the molecule is CC(Cc1ccccc1)Nc1ccc2ccc3c4c2c1=CC(C)C4C=CC=3N1c2ccccc2CC1C. The molecule has 1 N–H and O–H groups in total. The molecular formula is C35H34N2. The van der Waals surface area contributed by atoms with Gasteiger partial charge < -0.3 is 10.2 Å². The van der Waals surface area contributed by atoms with Gasteiger partial charge in [-0.25, -0.2) is 0 Å². The van der Waals surface area contributed by atoms with Crippen LogP contribution in [0.2, 0.25) is 0 Å². The molecule has 3 aliphatic rings. The third-order valence-electron chi connectivity index (χ3n) is 8.59. The summed E-state index contributed by atoms with van der Waals surface area (Å²) in [6.07, 6.45) is 9.48. The maximum atomic E-state index is 3.87. The van der Waals surface area contributed by atoms with Crippen LogP contribution in [0.1, 0.15) is 43.4 Å². The summed E-state index contributed by atoms with van der Waals surface area (Å²) in [5.74, 6) is 0.866. The minimum Gasteiger partial charge on any atom is -0.382 e. The minimum absolute atomic E-state index is 0.348. The van der Waals surface area contributed by atoms with E-state index in [1.165, 1.54) is 55.0 Å². The summed E-state index contributed by atoms with van der Waals surface area (Å²) in [6.45, 7) is 7.03. The molecule has 4 aromatic carbocycles. The normalized spacial score (nSPS) is 22.1. The average molecular weight is 483 g/mol. The van der Waals surface area contributed by atoms with Crippen molar-refractivity contribution in [3.63, 3.8) is 0 Å². The smallest absolute Gasteiger partial charge is 0.0487 e. The van der Waals surface area contributed by atoms with E-state index < -0.39 is 0 Å². The van der Waals surface area contributed by atoms with Gasteiger partial charge in [0.2, 0.25) is 0 Å². The standard InChI is InChI=1S/C35H34N2/c1-22-19-30-31(36-23(2)20-25-9-5-4-6-10-25)17-14-26-13-15-29-33(18-16-28(22)35(29)34(26)30)37-24(3)21-27-11-7-8-12-32(27)37/h4-19,22-24,28,36H,20-21H2,1-3H3. The predicted octanol–water partition coefficient (Wildman–Crippen LogP) is 6.53. The summed E-state index contributed by atoms with van der Waals surface area (Å²) >= 11 is 0. The van der Waals surface area contributed by atoms with Crippen molar-refractivity contribution in [2.75, 3.05) is 10.2 Å². The van der Waals surface area contributed by atoms with Crippen LogP contribution in [0.4, 0.5) is 11.4 Å². The zero-order chi connectivity index (χ0) is 25.1. The monoisotopic (exact) mass is 482 g/mol. The Bertz CT molecular complexity index is 1660. The Labute approximate surface area is 219 Å². The van der Waals surface area contributed by atoms with Crippen molar-refractivity contribution < 1.29 is 0 Å². The van der Waals surface area contributed by atoms with Gasteiger partial charge in [-0.05, 0) is 78.3 Å². The zero-order valence-corrected chi connectivity index (χ0v) is 21.9. The highest BCUT2D eigenvalue weighted by molar-refractivity contribution is 5.95. The van der Waals surface area contributed by atoms with Gasteiger partial charge in [-0.2, -0.15) is 0 Å². The molecular weight excluding hydrogens is 448 g/mol. The Morgan fingerprint density at radius 2 is 1.70 bits per heavy atom. The lowest BCUT2D eigenvalue weighted by atomic mass is 9.76. The Hall–Kier alpha value is -3.78. The maximum Gasteiger partial charge on any atom is 0.0487 e. The Morgan fingerprint density at radius 1 is 0.919 bits per heavy atom. The summed E-state index contributed by atoms with van der Waals surface area (Å²) in [5.41, 5.74) is 8.30. The number of benzene rings is 4. The first kappa shape index (κ1) is 22.4. The van der Waals surface area contributed by atoms with E-state index in [9.17, 15) is 0 Å². The van der Waals surface area contributed by atoms with Crippen molar-refractivity contribution in [3.8, 4) is 0 Å². The fourth-order valence-corrected chi connectivity index (χ4v) is 6.95. The quantitative estimate of drug-likeness (QED) is 0.348. The third kappa shape index (κ3) is 3.62. The number of hydrogen-bond acceptors (Lipinski definition) is 2. The predicted molar refractivity (Wildman–Crippen MR) is 157 cm³/mol. The van der Waals surface area contributed by atoms with Crippen molar-refractivity contribution in [1.29, 1.82) is 0 Å². The molecule has 184 valence electrons. The molecule has 37 heavy (non-hydrogen) atoms.